The number of hydrogen-bond acceptors (Lipinski definition) is 6. The first-order chi connectivity index (χ1) is 12.7. The standard InChI is InChI=1S/C16H24FN3O5S2/c1-26(21,22)20(7-6-18-8-10-25-11-9-18)15-12-19(13-15)27(23,24)16-4-2-14(17)3-5-16/h2-5,15H,6-13H2,1H3. The van der Waals surface area contributed by atoms with Crippen LogP contribution in [0.2, 0.25) is 0 Å². The molecule has 152 valence electrons. The summed E-state index contributed by atoms with van der Waals surface area (Å²) >= 11 is 0. The summed E-state index contributed by atoms with van der Waals surface area (Å²) in [6.45, 7) is 3.86. The molecule has 0 amide bonds. The molecule has 3 rings (SSSR count). The van der Waals surface area contributed by atoms with Gasteiger partial charge < -0.3 is 4.74 Å². The first kappa shape index (κ1) is 20.6. The van der Waals surface area contributed by atoms with Gasteiger partial charge in [0.15, 0.2) is 0 Å². The molecule has 2 fully saturated rings. The molecule has 0 atom stereocenters. The lowest BCUT2D eigenvalue weighted by Crippen LogP contribution is -2.62. The van der Waals surface area contributed by atoms with E-state index in [4.69, 9.17) is 4.74 Å². The molecular weight excluding hydrogens is 397 g/mol. The predicted molar refractivity (Wildman–Crippen MR) is 97.8 cm³/mol. The second-order valence-corrected chi connectivity index (χ2v) is 10.6. The van der Waals surface area contributed by atoms with Crippen molar-refractivity contribution < 1.29 is 26.0 Å². The molecule has 0 spiro atoms. The second-order valence-electron chi connectivity index (χ2n) is 6.76. The number of morpholine rings is 1. The molecule has 27 heavy (non-hydrogen) atoms. The highest BCUT2D eigenvalue weighted by molar-refractivity contribution is 7.89. The molecule has 0 bridgehead atoms. The summed E-state index contributed by atoms with van der Waals surface area (Å²) in [5.41, 5.74) is 0. The zero-order valence-corrected chi connectivity index (χ0v) is 16.8. The van der Waals surface area contributed by atoms with Crippen LogP contribution in [0.5, 0.6) is 0 Å². The first-order valence-electron chi connectivity index (χ1n) is 8.70. The van der Waals surface area contributed by atoms with Gasteiger partial charge in [-0.1, -0.05) is 0 Å². The van der Waals surface area contributed by atoms with Gasteiger partial charge in [-0.05, 0) is 24.3 Å². The summed E-state index contributed by atoms with van der Waals surface area (Å²) in [4.78, 5) is 2.13. The van der Waals surface area contributed by atoms with E-state index in [0.29, 0.717) is 26.3 Å². The van der Waals surface area contributed by atoms with Crippen LogP contribution in [0, 0.1) is 5.82 Å². The number of rotatable bonds is 7. The van der Waals surface area contributed by atoms with Gasteiger partial charge in [-0.2, -0.15) is 8.61 Å². The molecule has 0 aromatic heterocycles. The summed E-state index contributed by atoms with van der Waals surface area (Å²) in [6, 6.07) is 4.22. The zero-order valence-electron chi connectivity index (χ0n) is 15.1. The Hall–Kier alpha value is -1.11. The van der Waals surface area contributed by atoms with Crippen LogP contribution in [-0.4, -0.2) is 95.1 Å². The summed E-state index contributed by atoms with van der Waals surface area (Å²) in [6.07, 6.45) is 1.14. The molecule has 1 aromatic rings. The summed E-state index contributed by atoms with van der Waals surface area (Å²) < 4.78 is 70.4. The summed E-state index contributed by atoms with van der Waals surface area (Å²) in [7, 11) is -7.21. The van der Waals surface area contributed by atoms with Gasteiger partial charge in [0.05, 0.1) is 30.4 Å². The fourth-order valence-corrected chi connectivity index (χ4v) is 5.84. The van der Waals surface area contributed by atoms with Crippen LogP contribution in [0.15, 0.2) is 29.2 Å². The van der Waals surface area contributed by atoms with Gasteiger partial charge in [0.2, 0.25) is 20.0 Å². The van der Waals surface area contributed by atoms with Crippen LogP contribution in [0.1, 0.15) is 0 Å². The highest BCUT2D eigenvalue weighted by Gasteiger charge is 2.42. The fourth-order valence-electron chi connectivity index (χ4n) is 3.23. The number of halogens is 1. The van der Waals surface area contributed by atoms with Crippen molar-refractivity contribution in [1.29, 1.82) is 0 Å². The lowest BCUT2D eigenvalue weighted by molar-refractivity contribution is 0.0330. The highest BCUT2D eigenvalue weighted by atomic mass is 32.2. The average Bonchev–Trinajstić information content (AvgIpc) is 2.56. The van der Waals surface area contributed by atoms with E-state index in [0.717, 1.165) is 31.5 Å². The number of benzene rings is 1. The zero-order chi connectivity index (χ0) is 19.7. The quantitative estimate of drug-likeness (QED) is 0.606. The van der Waals surface area contributed by atoms with Gasteiger partial charge >= 0.3 is 0 Å². The van der Waals surface area contributed by atoms with Crippen molar-refractivity contribution in [3.63, 3.8) is 0 Å². The molecule has 0 unspecified atom stereocenters. The molecule has 0 radical (unpaired) electrons. The maximum absolute atomic E-state index is 13.0. The van der Waals surface area contributed by atoms with E-state index in [1.54, 1.807) is 0 Å². The van der Waals surface area contributed by atoms with E-state index in [2.05, 4.69) is 4.90 Å². The van der Waals surface area contributed by atoms with E-state index in [1.165, 1.54) is 20.7 Å². The Labute approximate surface area is 159 Å². The van der Waals surface area contributed by atoms with E-state index in [9.17, 15) is 21.2 Å². The molecular formula is C16H24FN3O5S2. The lowest BCUT2D eigenvalue weighted by Gasteiger charge is -2.43. The smallest absolute Gasteiger partial charge is 0.243 e. The number of hydrogen-bond donors (Lipinski definition) is 0. The van der Waals surface area contributed by atoms with Crippen LogP contribution in [0.25, 0.3) is 0 Å². The Balaban J connectivity index is 1.62. The Morgan fingerprint density at radius 2 is 1.70 bits per heavy atom. The van der Waals surface area contributed by atoms with Gasteiger partial charge in [-0.3, -0.25) is 4.90 Å². The molecule has 2 aliphatic heterocycles. The third-order valence-electron chi connectivity index (χ3n) is 4.85. The van der Waals surface area contributed by atoms with Crippen LogP contribution in [0.3, 0.4) is 0 Å². The van der Waals surface area contributed by atoms with E-state index in [1.807, 2.05) is 0 Å². The highest BCUT2D eigenvalue weighted by Crippen LogP contribution is 2.25. The monoisotopic (exact) mass is 421 g/mol. The van der Waals surface area contributed by atoms with E-state index in [-0.39, 0.29) is 18.0 Å². The Morgan fingerprint density at radius 1 is 1.11 bits per heavy atom. The Kier molecular flexibility index (Phi) is 6.18. The maximum Gasteiger partial charge on any atom is 0.243 e. The first-order valence-corrected chi connectivity index (χ1v) is 12.0. The number of sulfonamides is 2. The Bertz CT molecular complexity index is 849. The van der Waals surface area contributed by atoms with Crippen LogP contribution < -0.4 is 0 Å². The molecule has 1 aromatic carbocycles. The van der Waals surface area contributed by atoms with Gasteiger partial charge in [0.25, 0.3) is 0 Å². The number of ether oxygens (including phenoxy) is 1. The minimum Gasteiger partial charge on any atom is -0.379 e. The molecule has 2 saturated heterocycles. The van der Waals surface area contributed by atoms with Crippen LogP contribution in [0.4, 0.5) is 4.39 Å². The minimum atomic E-state index is -3.75. The lowest BCUT2D eigenvalue weighted by atomic mass is 10.2. The predicted octanol–water partition coefficient (Wildman–Crippen LogP) is -0.208. The minimum absolute atomic E-state index is 0.00146. The number of nitrogens with zero attached hydrogens (tertiary/aromatic N) is 3. The molecule has 11 heteroatoms. The van der Waals surface area contributed by atoms with Gasteiger partial charge in [-0.15, -0.1) is 0 Å². The second kappa shape index (κ2) is 8.10. The SMILES string of the molecule is CS(=O)(=O)N(CCN1CCOCC1)C1CN(S(=O)(=O)c2ccc(F)cc2)C1. The summed E-state index contributed by atoms with van der Waals surface area (Å²) in [5, 5.41) is 0. The topological polar surface area (TPSA) is 87.2 Å². The van der Waals surface area contributed by atoms with Crippen molar-refractivity contribution in [2.75, 3.05) is 58.7 Å². The maximum atomic E-state index is 13.0. The molecule has 2 aliphatic rings. The summed E-state index contributed by atoms with van der Waals surface area (Å²) in [5.74, 6) is -0.512. The van der Waals surface area contributed by atoms with Gasteiger partial charge in [0.1, 0.15) is 5.82 Å². The molecule has 8 nitrogen and oxygen atoms in total. The fraction of sp³-hybridized carbons (Fsp3) is 0.625. The molecule has 2 heterocycles. The van der Waals surface area contributed by atoms with Gasteiger partial charge in [-0.25, -0.2) is 21.2 Å². The van der Waals surface area contributed by atoms with Crippen molar-refractivity contribution in [2.24, 2.45) is 0 Å². The van der Waals surface area contributed by atoms with E-state index < -0.39 is 31.9 Å². The largest absolute Gasteiger partial charge is 0.379 e. The molecule has 0 N–H and O–H groups in total. The average molecular weight is 422 g/mol. The van der Waals surface area contributed by atoms with Crippen LogP contribution >= 0.6 is 0 Å². The third kappa shape index (κ3) is 4.84. The van der Waals surface area contributed by atoms with E-state index >= 15 is 0 Å². The van der Waals surface area contributed by atoms with Crippen molar-refractivity contribution in [3.8, 4) is 0 Å². The normalized spacial score (nSPS) is 20.7. The molecule has 0 aliphatic carbocycles. The van der Waals surface area contributed by atoms with Crippen molar-refractivity contribution >= 4 is 20.0 Å². The van der Waals surface area contributed by atoms with Crippen molar-refractivity contribution in [1.82, 2.24) is 13.5 Å². The van der Waals surface area contributed by atoms with Gasteiger partial charge in [0, 0.05) is 39.3 Å². The van der Waals surface area contributed by atoms with Crippen molar-refractivity contribution in [2.45, 2.75) is 10.9 Å². The molecule has 0 saturated carbocycles. The van der Waals surface area contributed by atoms with Crippen molar-refractivity contribution in [3.05, 3.63) is 30.1 Å². The van der Waals surface area contributed by atoms with Crippen LogP contribution in [-0.2, 0) is 24.8 Å². The Morgan fingerprint density at radius 3 is 2.26 bits per heavy atom. The third-order valence-corrected chi connectivity index (χ3v) is 8.03.